The second kappa shape index (κ2) is 9.49. The van der Waals surface area contributed by atoms with Crippen molar-refractivity contribution in [3.63, 3.8) is 0 Å². The van der Waals surface area contributed by atoms with E-state index in [4.69, 9.17) is 25.8 Å². The Balaban J connectivity index is 1.51. The summed E-state index contributed by atoms with van der Waals surface area (Å²) in [6.45, 7) is 1.21. The molecular formula is C20H23ClN3O5+. The van der Waals surface area contributed by atoms with Gasteiger partial charge in [-0.2, -0.15) is 0 Å². The van der Waals surface area contributed by atoms with Gasteiger partial charge in [0.1, 0.15) is 19.0 Å². The molecule has 2 amide bonds. The van der Waals surface area contributed by atoms with E-state index in [-0.39, 0.29) is 24.9 Å². The van der Waals surface area contributed by atoms with Gasteiger partial charge in [0, 0.05) is 16.8 Å². The lowest BCUT2D eigenvalue weighted by Gasteiger charge is -2.19. The molecule has 0 bridgehead atoms. The minimum Gasteiger partial charge on any atom is -0.495 e. The molecule has 0 aliphatic carbocycles. The number of fused-ring (bicyclic) bond motifs is 1. The van der Waals surface area contributed by atoms with E-state index in [1.54, 1.807) is 43.4 Å². The summed E-state index contributed by atoms with van der Waals surface area (Å²) < 4.78 is 16.2. The van der Waals surface area contributed by atoms with Crippen molar-refractivity contribution in [2.75, 3.05) is 51.1 Å². The Hall–Kier alpha value is -2.97. The Morgan fingerprint density at radius 2 is 1.72 bits per heavy atom. The van der Waals surface area contributed by atoms with Crippen LogP contribution in [0.1, 0.15) is 0 Å². The van der Waals surface area contributed by atoms with Gasteiger partial charge in [-0.15, -0.1) is 0 Å². The van der Waals surface area contributed by atoms with Crippen LogP contribution in [0.5, 0.6) is 17.2 Å². The second-order valence-electron chi connectivity index (χ2n) is 6.61. The summed E-state index contributed by atoms with van der Waals surface area (Å²) in [4.78, 5) is 25.3. The molecule has 8 nitrogen and oxygen atoms in total. The van der Waals surface area contributed by atoms with Gasteiger partial charge in [-0.1, -0.05) is 11.6 Å². The van der Waals surface area contributed by atoms with Gasteiger partial charge < -0.3 is 29.7 Å². The van der Waals surface area contributed by atoms with Crippen molar-refractivity contribution < 1.29 is 28.7 Å². The molecule has 1 aliphatic heterocycles. The van der Waals surface area contributed by atoms with Gasteiger partial charge in [-0.25, -0.2) is 0 Å². The van der Waals surface area contributed by atoms with Crippen LogP contribution in [0, 0.1) is 0 Å². The SMILES string of the molecule is COc1ccc(Cl)cc1NC(=O)C[NH+](C)CC(=O)Nc1ccc2c(c1)OCCO2. The molecule has 1 unspecified atom stereocenters. The van der Waals surface area contributed by atoms with E-state index in [9.17, 15) is 9.59 Å². The van der Waals surface area contributed by atoms with Crippen molar-refractivity contribution in [1.29, 1.82) is 0 Å². The van der Waals surface area contributed by atoms with E-state index in [1.807, 2.05) is 0 Å². The first kappa shape index (κ1) is 20.8. The Kier molecular flexibility index (Phi) is 6.79. The van der Waals surface area contributed by atoms with Crippen LogP contribution in [0.25, 0.3) is 0 Å². The van der Waals surface area contributed by atoms with Gasteiger partial charge in [-0.3, -0.25) is 9.59 Å². The molecule has 0 aromatic heterocycles. The Labute approximate surface area is 173 Å². The number of benzene rings is 2. The lowest BCUT2D eigenvalue weighted by atomic mass is 10.2. The van der Waals surface area contributed by atoms with E-state index >= 15 is 0 Å². The van der Waals surface area contributed by atoms with E-state index in [0.29, 0.717) is 46.9 Å². The molecule has 3 rings (SSSR count). The zero-order valence-electron chi connectivity index (χ0n) is 16.2. The summed E-state index contributed by atoms with van der Waals surface area (Å²) in [5.41, 5.74) is 1.10. The summed E-state index contributed by atoms with van der Waals surface area (Å²) in [7, 11) is 3.27. The molecular weight excluding hydrogens is 398 g/mol. The maximum absolute atomic E-state index is 12.3. The van der Waals surface area contributed by atoms with Crippen molar-refractivity contribution in [1.82, 2.24) is 0 Å². The highest BCUT2D eigenvalue weighted by Crippen LogP contribution is 2.32. The number of hydrogen-bond acceptors (Lipinski definition) is 5. The van der Waals surface area contributed by atoms with E-state index < -0.39 is 0 Å². The fraction of sp³-hybridized carbons (Fsp3) is 0.300. The molecule has 0 saturated carbocycles. The highest BCUT2D eigenvalue weighted by molar-refractivity contribution is 6.31. The molecule has 9 heteroatoms. The third-order valence-electron chi connectivity index (χ3n) is 4.19. The Morgan fingerprint density at radius 1 is 1.03 bits per heavy atom. The minimum absolute atomic E-state index is 0.101. The van der Waals surface area contributed by atoms with Gasteiger partial charge in [0.15, 0.2) is 24.6 Å². The summed E-state index contributed by atoms with van der Waals surface area (Å²) in [6, 6.07) is 10.2. The number of quaternary nitrogens is 1. The third-order valence-corrected chi connectivity index (χ3v) is 4.42. The number of rotatable bonds is 7. The van der Waals surface area contributed by atoms with Gasteiger partial charge in [0.05, 0.1) is 19.8 Å². The number of hydrogen-bond donors (Lipinski definition) is 3. The molecule has 0 radical (unpaired) electrons. The highest BCUT2D eigenvalue weighted by Gasteiger charge is 2.17. The first-order valence-corrected chi connectivity index (χ1v) is 9.46. The largest absolute Gasteiger partial charge is 0.495 e. The van der Waals surface area contributed by atoms with Crippen LogP contribution in [0.3, 0.4) is 0 Å². The average molecular weight is 421 g/mol. The summed E-state index contributed by atoms with van der Waals surface area (Å²) in [5.74, 6) is 1.30. The number of likely N-dealkylation sites (N-methyl/N-ethyl adjacent to an activating group) is 1. The van der Waals surface area contributed by atoms with Crippen molar-refractivity contribution in [2.45, 2.75) is 0 Å². The van der Waals surface area contributed by atoms with Gasteiger partial charge in [0.25, 0.3) is 11.8 Å². The zero-order chi connectivity index (χ0) is 20.8. The molecule has 0 spiro atoms. The number of amides is 2. The van der Waals surface area contributed by atoms with Gasteiger partial charge in [-0.05, 0) is 30.3 Å². The van der Waals surface area contributed by atoms with Crippen LogP contribution in [-0.4, -0.2) is 52.3 Å². The smallest absolute Gasteiger partial charge is 0.279 e. The fourth-order valence-electron chi connectivity index (χ4n) is 2.91. The fourth-order valence-corrected chi connectivity index (χ4v) is 3.08. The number of methoxy groups -OCH3 is 1. The monoisotopic (exact) mass is 420 g/mol. The van der Waals surface area contributed by atoms with E-state index in [0.717, 1.165) is 4.90 Å². The number of halogens is 1. The lowest BCUT2D eigenvalue weighted by Crippen LogP contribution is -3.11. The van der Waals surface area contributed by atoms with Crippen molar-refractivity contribution in [2.24, 2.45) is 0 Å². The third kappa shape index (κ3) is 5.75. The second-order valence-corrected chi connectivity index (χ2v) is 7.05. The predicted molar refractivity (Wildman–Crippen MR) is 109 cm³/mol. The Morgan fingerprint density at radius 3 is 2.45 bits per heavy atom. The van der Waals surface area contributed by atoms with Crippen LogP contribution in [-0.2, 0) is 9.59 Å². The average Bonchev–Trinajstić information content (AvgIpc) is 2.67. The van der Waals surface area contributed by atoms with E-state index in [2.05, 4.69) is 10.6 Å². The summed E-state index contributed by atoms with van der Waals surface area (Å²) in [6.07, 6.45) is 0. The van der Waals surface area contributed by atoms with Crippen molar-refractivity contribution in [3.05, 3.63) is 41.4 Å². The number of nitrogens with one attached hydrogen (secondary N) is 3. The maximum atomic E-state index is 12.3. The van der Waals surface area contributed by atoms with Gasteiger partial charge in [0.2, 0.25) is 0 Å². The topological polar surface area (TPSA) is 90.3 Å². The first-order chi connectivity index (χ1) is 13.9. The molecule has 3 N–H and O–H groups in total. The summed E-state index contributed by atoms with van der Waals surface area (Å²) in [5, 5.41) is 6.05. The number of anilines is 2. The van der Waals surface area contributed by atoms with Gasteiger partial charge >= 0.3 is 0 Å². The van der Waals surface area contributed by atoms with E-state index in [1.165, 1.54) is 7.11 Å². The molecule has 1 aliphatic rings. The molecule has 0 fully saturated rings. The molecule has 2 aromatic rings. The molecule has 1 heterocycles. The molecule has 29 heavy (non-hydrogen) atoms. The molecule has 154 valence electrons. The highest BCUT2D eigenvalue weighted by atomic mass is 35.5. The Bertz CT molecular complexity index is 906. The molecule has 0 saturated heterocycles. The maximum Gasteiger partial charge on any atom is 0.279 e. The van der Waals surface area contributed by atoms with Crippen LogP contribution in [0.15, 0.2) is 36.4 Å². The molecule has 2 aromatic carbocycles. The van der Waals surface area contributed by atoms with Crippen LogP contribution >= 0.6 is 11.6 Å². The minimum atomic E-state index is -0.254. The van der Waals surface area contributed by atoms with Crippen molar-refractivity contribution >= 4 is 34.8 Å². The normalized spacial score (nSPS) is 13.3. The number of ether oxygens (including phenoxy) is 3. The quantitative estimate of drug-likeness (QED) is 0.626. The van der Waals surface area contributed by atoms with Crippen LogP contribution < -0.4 is 29.7 Å². The summed E-state index contributed by atoms with van der Waals surface area (Å²) >= 11 is 5.97. The lowest BCUT2D eigenvalue weighted by molar-refractivity contribution is -0.862. The number of carbonyl (C=O) groups excluding carboxylic acids is 2. The van der Waals surface area contributed by atoms with Crippen molar-refractivity contribution in [3.8, 4) is 17.2 Å². The number of carbonyl (C=O) groups is 2. The zero-order valence-corrected chi connectivity index (χ0v) is 17.0. The standard InChI is InChI=1S/C20H22ClN3O5/c1-24(12-20(26)23-15-9-13(21)3-5-16(15)27-2)11-19(25)22-14-4-6-17-18(10-14)29-8-7-28-17/h3-6,9-10H,7-8,11-12H2,1-2H3,(H,22,25)(H,23,26)/p+1. The van der Waals surface area contributed by atoms with Crippen LogP contribution in [0.4, 0.5) is 11.4 Å². The predicted octanol–water partition coefficient (Wildman–Crippen LogP) is 1.21. The first-order valence-electron chi connectivity index (χ1n) is 9.09. The molecule has 1 atom stereocenters. The van der Waals surface area contributed by atoms with Crippen LogP contribution in [0.2, 0.25) is 5.02 Å².